The number of hydrogen-bond acceptors (Lipinski definition) is 2. The van der Waals surface area contributed by atoms with E-state index in [1.807, 2.05) is 6.07 Å². The zero-order valence-corrected chi connectivity index (χ0v) is 11.5. The van der Waals surface area contributed by atoms with Crippen molar-refractivity contribution in [2.75, 3.05) is 12.4 Å². The Morgan fingerprint density at radius 3 is 2.76 bits per heavy atom. The van der Waals surface area contributed by atoms with E-state index in [0.29, 0.717) is 17.7 Å². The highest BCUT2D eigenvalue weighted by Crippen LogP contribution is 2.29. The first-order chi connectivity index (χ1) is 10.0. The zero-order valence-electron chi connectivity index (χ0n) is 11.5. The van der Waals surface area contributed by atoms with Crippen LogP contribution in [0.1, 0.15) is 22.8 Å². The Bertz CT molecular complexity index is 702. The molecule has 1 atom stereocenters. The maximum Gasteiger partial charge on any atom is 0.321 e. The van der Waals surface area contributed by atoms with Gasteiger partial charge in [0.15, 0.2) is 0 Å². The van der Waals surface area contributed by atoms with Crippen LogP contribution < -0.4 is 5.32 Å². The summed E-state index contributed by atoms with van der Waals surface area (Å²) in [6.07, 6.45) is -0.895. The van der Waals surface area contributed by atoms with Crippen molar-refractivity contribution < 1.29 is 14.3 Å². The molecule has 1 aliphatic heterocycles. The summed E-state index contributed by atoms with van der Waals surface area (Å²) in [6.45, 7) is 0.477. The molecular formula is C16H15FN2O2. The third-order valence-corrected chi connectivity index (χ3v) is 3.61. The van der Waals surface area contributed by atoms with Gasteiger partial charge in [-0.25, -0.2) is 9.18 Å². The number of anilines is 1. The number of aliphatic hydroxyl groups excluding tert-OH is 1. The molecule has 4 nitrogen and oxygen atoms in total. The fraction of sp³-hybridized carbons (Fsp3) is 0.188. The molecule has 0 saturated carbocycles. The van der Waals surface area contributed by atoms with Gasteiger partial charge in [-0.05, 0) is 41.0 Å². The number of amides is 2. The van der Waals surface area contributed by atoms with Crippen molar-refractivity contribution in [3.63, 3.8) is 0 Å². The number of rotatable bonds is 2. The van der Waals surface area contributed by atoms with Crippen LogP contribution in [-0.4, -0.2) is 23.1 Å². The summed E-state index contributed by atoms with van der Waals surface area (Å²) in [6, 6.07) is 11.1. The Kier molecular flexibility index (Phi) is 3.35. The monoisotopic (exact) mass is 286 g/mol. The SMILES string of the molecule is CN1Cc2cc(C(O)c3cccc(F)c3)ccc2NC1=O. The number of carbonyl (C=O) groups excluding carboxylic acids is 1. The Labute approximate surface area is 121 Å². The Hall–Kier alpha value is -2.40. The summed E-state index contributed by atoms with van der Waals surface area (Å²) in [7, 11) is 1.70. The van der Waals surface area contributed by atoms with Crippen molar-refractivity contribution in [1.82, 2.24) is 4.90 Å². The van der Waals surface area contributed by atoms with E-state index in [1.54, 1.807) is 36.2 Å². The smallest absolute Gasteiger partial charge is 0.321 e. The number of halogens is 1. The second-order valence-electron chi connectivity index (χ2n) is 5.16. The molecule has 2 aromatic rings. The van der Waals surface area contributed by atoms with Gasteiger partial charge in [0, 0.05) is 19.3 Å². The largest absolute Gasteiger partial charge is 0.384 e. The van der Waals surface area contributed by atoms with Crippen LogP contribution in [-0.2, 0) is 6.54 Å². The summed E-state index contributed by atoms with van der Waals surface area (Å²) in [5.41, 5.74) is 2.84. The molecule has 1 aliphatic rings. The first-order valence-corrected chi connectivity index (χ1v) is 6.63. The molecule has 0 aliphatic carbocycles. The third kappa shape index (κ3) is 2.60. The Morgan fingerprint density at radius 2 is 2.00 bits per heavy atom. The number of aliphatic hydroxyl groups is 1. The van der Waals surface area contributed by atoms with Crippen LogP contribution in [0.15, 0.2) is 42.5 Å². The molecule has 21 heavy (non-hydrogen) atoms. The van der Waals surface area contributed by atoms with E-state index in [1.165, 1.54) is 12.1 Å². The lowest BCUT2D eigenvalue weighted by atomic mass is 9.98. The summed E-state index contributed by atoms with van der Waals surface area (Å²) >= 11 is 0. The van der Waals surface area contributed by atoms with Crippen LogP contribution in [0, 0.1) is 5.82 Å². The third-order valence-electron chi connectivity index (χ3n) is 3.61. The highest BCUT2D eigenvalue weighted by atomic mass is 19.1. The fourth-order valence-electron chi connectivity index (χ4n) is 2.44. The molecular weight excluding hydrogens is 271 g/mol. The summed E-state index contributed by atoms with van der Waals surface area (Å²) < 4.78 is 13.2. The average Bonchev–Trinajstić information content (AvgIpc) is 2.47. The van der Waals surface area contributed by atoms with E-state index in [0.717, 1.165) is 11.3 Å². The summed E-state index contributed by atoms with van der Waals surface area (Å²) in [5.74, 6) is -0.378. The molecule has 0 saturated heterocycles. The van der Waals surface area contributed by atoms with Crippen LogP contribution in [0.25, 0.3) is 0 Å². The number of nitrogens with one attached hydrogen (secondary N) is 1. The second kappa shape index (κ2) is 5.18. The van der Waals surface area contributed by atoms with Crippen molar-refractivity contribution in [3.05, 3.63) is 65.0 Å². The predicted octanol–water partition coefficient (Wildman–Crippen LogP) is 2.88. The highest BCUT2D eigenvalue weighted by molar-refractivity contribution is 5.92. The van der Waals surface area contributed by atoms with Gasteiger partial charge in [0.1, 0.15) is 11.9 Å². The topological polar surface area (TPSA) is 52.6 Å². The van der Waals surface area contributed by atoms with Crippen LogP contribution in [0.5, 0.6) is 0 Å². The van der Waals surface area contributed by atoms with E-state index >= 15 is 0 Å². The average molecular weight is 286 g/mol. The molecule has 0 fully saturated rings. The Morgan fingerprint density at radius 1 is 1.24 bits per heavy atom. The number of benzene rings is 2. The minimum Gasteiger partial charge on any atom is -0.384 e. The van der Waals surface area contributed by atoms with Crippen molar-refractivity contribution in [2.45, 2.75) is 12.6 Å². The van der Waals surface area contributed by atoms with Crippen LogP contribution in [0.3, 0.4) is 0 Å². The van der Waals surface area contributed by atoms with Gasteiger partial charge in [-0.1, -0.05) is 18.2 Å². The lowest BCUT2D eigenvalue weighted by Crippen LogP contribution is -2.35. The molecule has 5 heteroatoms. The van der Waals surface area contributed by atoms with Crippen LogP contribution >= 0.6 is 0 Å². The van der Waals surface area contributed by atoms with E-state index in [-0.39, 0.29) is 11.8 Å². The van der Waals surface area contributed by atoms with Gasteiger partial charge in [0.25, 0.3) is 0 Å². The van der Waals surface area contributed by atoms with E-state index < -0.39 is 6.10 Å². The molecule has 1 heterocycles. The number of urea groups is 1. The standard InChI is InChI=1S/C16H15FN2O2/c1-19-9-12-7-11(5-6-14(12)18-16(19)21)15(20)10-3-2-4-13(17)8-10/h2-8,15,20H,9H2,1H3,(H,18,21). The van der Waals surface area contributed by atoms with Gasteiger partial charge in [0.05, 0.1) is 0 Å². The molecule has 0 bridgehead atoms. The first-order valence-electron chi connectivity index (χ1n) is 6.63. The first kappa shape index (κ1) is 13.6. The van der Waals surface area contributed by atoms with Crippen molar-refractivity contribution in [2.24, 2.45) is 0 Å². The minimum absolute atomic E-state index is 0.152. The molecule has 0 aromatic heterocycles. The number of hydrogen-bond donors (Lipinski definition) is 2. The number of carbonyl (C=O) groups is 1. The van der Waals surface area contributed by atoms with Crippen molar-refractivity contribution >= 4 is 11.7 Å². The van der Waals surface area contributed by atoms with E-state index in [2.05, 4.69) is 5.32 Å². The van der Waals surface area contributed by atoms with E-state index in [9.17, 15) is 14.3 Å². The van der Waals surface area contributed by atoms with Crippen LogP contribution in [0.2, 0.25) is 0 Å². The van der Waals surface area contributed by atoms with E-state index in [4.69, 9.17) is 0 Å². The Balaban J connectivity index is 1.93. The minimum atomic E-state index is -0.895. The van der Waals surface area contributed by atoms with Crippen LogP contribution in [0.4, 0.5) is 14.9 Å². The quantitative estimate of drug-likeness (QED) is 0.892. The van der Waals surface area contributed by atoms with Gasteiger partial charge >= 0.3 is 6.03 Å². The molecule has 0 radical (unpaired) electrons. The molecule has 3 rings (SSSR count). The van der Waals surface area contributed by atoms with Crippen molar-refractivity contribution in [1.29, 1.82) is 0 Å². The molecule has 2 N–H and O–H groups in total. The molecule has 1 unspecified atom stereocenters. The van der Waals surface area contributed by atoms with Gasteiger partial charge in [0.2, 0.25) is 0 Å². The maximum atomic E-state index is 13.2. The highest BCUT2D eigenvalue weighted by Gasteiger charge is 2.21. The normalized spacial score (nSPS) is 15.4. The van der Waals surface area contributed by atoms with Crippen molar-refractivity contribution in [3.8, 4) is 0 Å². The number of nitrogens with zero attached hydrogens (tertiary/aromatic N) is 1. The summed E-state index contributed by atoms with van der Waals surface area (Å²) in [5, 5.41) is 13.1. The summed E-state index contributed by atoms with van der Waals surface area (Å²) in [4.78, 5) is 13.1. The maximum absolute atomic E-state index is 13.2. The molecule has 2 amide bonds. The molecule has 0 spiro atoms. The van der Waals surface area contributed by atoms with Gasteiger partial charge in [-0.2, -0.15) is 0 Å². The number of fused-ring (bicyclic) bond motifs is 1. The second-order valence-corrected chi connectivity index (χ2v) is 5.16. The van der Waals surface area contributed by atoms with Gasteiger partial charge in [-0.3, -0.25) is 0 Å². The lowest BCUT2D eigenvalue weighted by Gasteiger charge is -2.26. The fourth-order valence-corrected chi connectivity index (χ4v) is 2.44. The zero-order chi connectivity index (χ0) is 15.0. The molecule has 108 valence electrons. The predicted molar refractivity (Wildman–Crippen MR) is 77.4 cm³/mol. The van der Waals surface area contributed by atoms with Gasteiger partial charge < -0.3 is 15.3 Å². The molecule has 2 aromatic carbocycles. The van der Waals surface area contributed by atoms with Gasteiger partial charge in [-0.15, -0.1) is 0 Å². The lowest BCUT2D eigenvalue weighted by molar-refractivity contribution is 0.216.